The lowest BCUT2D eigenvalue weighted by atomic mass is 9.84. The third-order valence-electron chi connectivity index (χ3n) is 6.79. The smallest absolute Gasteiger partial charge is 0.330 e. The molecule has 2 aliphatic heterocycles. The molecule has 7 nitrogen and oxygen atoms in total. The lowest BCUT2D eigenvalue weighted by molar-refractivity contribution is -0.168. The fraction of sp³-hybridized carbons (Fsp3) is 0.545. The number of carboxylic acid groups (broad SMARTS) is 1. The van der Waals surface area contributed by atoms with Gasteiger partial charge in [0.05, 0.1) is 23.0 Å². The van der Waals surface area contributed by atoms with Crippen LogP contribution in [0, 0.1) is 5.92 Å². The van der Waals surface area contributed by atoms with Crippen molar-refractivity contribution in [2.24, 2.45) is 5.92 Å². The number of hydrogen-bond acceptors (Lipinski definition) is 5. The van der Waals surface area contributed by atoms with Gasteiger partial charge in [-0.15, -0.1) is 0 Å². The molecule has 170 valence electrons. The number of sulfone groups is 1. The fourth-order valence-corrected chi connectivity index (χ4v) is 6.89. The second-order valence-corrected chi connectivity index (χ2v) is 16.5. The van der Waals surface area contributed by atoms with Crippen LogP contribution in [-0.2, 0) is 23.9 Å². The summed E-state index contributed by atoms with van der Waals surface area (Å²) in [7, 11) is -5.94. The number of amides is 1. The highest BCUT2D eigenvalue weighted by Gasteiger charge is 2.60. The minimum atomic E-state index is -3.82. The molecule has 0 bridgehead atoms. The molecule has 2 fully saturated rings. The summed E-state index contributed by atoms with van der Waals surface area (Å²) in [6, 6.07) is 6.24. The average Bonchev–Trinajstić information content (AvgIpc) is 2.94. The summed E-state index contributed by atoms with van der Waals surface area (Å²) in [4.78, 5) is 26.3. The first-order valence-corrected chi connectivity index (χ1v) is 14.9. The van der Waals surface area contributed by atoms with Crippen LogP contribution < -0.4 is 0 Å². The van der Waals surface area contributed by atoms with Gasteiger partial charge in [-0.2, -0.15) is 0 Å². The molecular formula is C22H31NO6SSi. The van der Waals surface area contributed by atoms with E-state index < -0.39 is 36.1 Å². The average molecular weight is 466 g/mol. The number of carboxylic acids is 1. The lowest BCUT2D eigenvalue weighted by Gasteiger charge is -2.49. The Kier molecular flexibility index (Phi) is 6.01. The van der Waals surface area contributed by atoms with Crippen LogP contribution in [0.3, 0.4) is 0 Å². The summed E-state index contributed by atoms with van der Waals surface area (Å²) >= 11 is 0. The Bertz CT molecular complexity index is 1010. The summed E-state index contributed by atoms with van der Waals surface area (Å²) in [6.07, 6.45) is -0.154. The van der Waals surface area contributed by atoms with Crippen LogP contribution in [-0.4, -0.2) is 56.8 Å². The molecule has 2 heterocycles. The van der Waals surface area contributed by atoms with Gasteiger partial charge in [-0.25, -0.2) is 13.2 Å². The number of carbonyl (C=O) groups excluding carboxylic acids is 1. The van der Waals surface area contributed by atoms with Crippen molar-refractivity contribution >= 4 is 30.0 Å². The van der Waals surface area contributed by atoms with E-state index in [4.69, 9.17) is 4.43 Å². The maximum absolute atomic E-state index is 12.9. The first-order valence-electron chi connectivity index (χ1n) is 10.4. The summed E-state index contributed by atoms with van der Waals surface area (Å²) in [6.45, 7) is 12.4. The number of aliphatic carboxylic acids is 1. The molecule has 2 aliphatic rings. The van der Waals surface area contributed by atoms with Gasteiger partial charge in [-0.05, 0) is 49.2 Å². The Labute approximate surface area is 185 Å². The van der Waals surface area contributed by atoms with Crippen molar-refractivity contribution < 1.29 is 27.5 Å². The number of rotatable bonds is 6. The van der Waals surface area contributed by atoms with Gasteiger partial charge < -0.3 is 14.4 Å². The quantitative estimate of drug-likeness (QED) is 0.510. The molecule has 1 aromatic carbocycles. The first kappa shape index (κ1) is 23.7. The first-order chi connectivity index (χ1) is 14.2. The van der Waals surface area contributed by atoms with E-state index >= 15 is 0 Å². The van der Waals surface area contributed by atoms with Crippen molar-refractivity contribution in [3.63, 3.8) is 0 Å². The second-order valence-electron chi connectivity index (χ2n) is 9.92. The van der Waals surface area contributed by atoms with Crippen LogP contribution in [0.1, 0.15) is 34.1 Å². The number of benzene rings is 1. The van der Waals surface area contributed by atoms with Crippen molar-refractivity contribution in [1.29, 1.82) is 0 Å². The van der Waals surface area contributed by atoms with E-state index in [-0.39, 0.29) is 40.0 Å². The molecule has 0 aromatic heterocycles. The standard InChI is InChI=1S/C22H31NO6SSi/c1-14(29-31(5,6)22(2,3)4)18-17-12-15(19(21(25)26)23(17)20(18)24)13-30(27,28)16-10-8-7-9-11-16/h7-11,13-14,17-19H,12H2,1-6H3,(H,25,26)/b15-13+/t14-,17-,18+,19?/m1/s1. The van der Waals surface area contributed by atoms with E-state index in [1.807, 2.05) is 6.92 Å². The molecule has 9 heteroatoms. The van der Waals surface area contributed by atoms with Crippen molar-refractivity contribution in [1.82, 2.24) is 4.90 Å². The molecule has 0 saturated carbocycles. The van der Waals surface area contributed by atoms with Gasteiger partial charge in [0.15, 0.2) is 24.2 Å². The monoisotopic (exact) mass is 465 g/mol. The second kappa shape index (κ2) is 7.86. The van der Waals surface area contributed by atoms with Crippen LogP contribution >= 0.6 is 0 Å². The van der Waals surface area contributed by atoms with Gasteiger partial charge in [0.2, 0.25) is 5.91 Å². The van der Waals surface area contributed by atoms with E-state index in [1.165, 1.54) is 17.0 Å². The van der Waals surface area contributed by atoms with Crippen LogP contribution in [0.4, 0.5) is 0 Å². The topological polar surface area (TPSA) is 101 Å². The van der Waals surface area contributed by atoms with Gasteiger partial charge in [-0.3, -0.25) is 4.79 Å². The summed E-state index contributed by atoms with van der Waals surface area (Å²) in [5.74, 6) is -1.98. The normalized spacial score (nSPS) is 26.5. The minimum Gasteiger partial charge on any atom is -0.479 e. The maximum Gasteiger partial charge on any atom is 0.330 e. The van der Waals surface area contributed by atoms with E-state index in [0.29, 0.717) is 0 Å². The van der Waals surface area contributed by atoms with Crippen LogP contribution in [0.5, 0.6) is 0 Å². The lowest BCUT2D eigenvalue weighted by Crippen LogP contribution is -2.65. The number of carbonyl (C=O) groups is 2. The van der Waals surface area contributed by atoms with Crippen molar-refractivity contribution in [2.75, 3.05) is 0 Å². The van der Waals surface area contributed by atoms with Gasteiger partial charge >= 0.3 is 5.97 Å². The molecule has 4 atom stereocenters. The Balaban J connectivity index is 1.88. The van der Waals surface area contributed by atoms with Gasteiger partial charge in [-0.1, -0.05) is 39.0 Å². The predicted molar refractivity (Wildman–Crippen MR) is 120 cm³/mol. The number of nitrogens with zero attached hydrogens (tertiary/aromatic N) is 1. The Hall–Kier alpha value is -1.97. The Morgan fingerprint density at radius 3 is 2.35 bits per heavy atom. The number of hydrogen-bond donors (Lipinski definition) is 1. The van der Waals surface area contributed by atoms with Crippen LogP contribution in [0.2, 0.25) is 18.1 Å². The predicted octanol–water partition coefficient (Wildman–Crippen LogP) is 3.44. The third-order valence-corrected chi connectivity index (χ3v) is 12.9. The van der Waals surface area contributed by atoms with Crippen molar-refractivity contribution in [3.05, 3.63) is 41.3 Å². The maximum atomic E-state index is 12.9. The fourth-order valence-electron chi connectivity index (χ4n) is 4.16. The van der Waals surface area contributed by atoms with E-state index in [2.05, 4.69) is 33.9 Å². The SMILES string of the molecule is C[C@@H](O[Si](C)(C)C(C)(C)C)[C@@H]1C(=O)N2C(C(=O)O)/C(=C/S(=O)(=O)c3ccccc3)C[C@H]12. The molecule has 1 amide bonds. The Morgan fingerprint density at radius 2 is 1.84 bits per heavy atom. The molecule has 0 aliphatic carbocycles. The minimum absolute atomic E-state index is 0.0259. The molecular weight excluding hydrogens is 434 g/mol. The molecule has 2 saturated heterocycles. The molecule has 3 rings (SSSR count). The zero-order valence-electron chi connectivity index (χ0n) is 18.8. The molecule has 1 unspecified atom stereocenters. The summed E-state index contributed by atoms with van der Waals surface area (Å²) in [5, 5.41) is 10.8. The Morgan fingerprint density at radius 1 is 1.26 bits per heavy atom. The van der Waals surface area contributed by atoms with E-state index in [0.717, 1.165) is 5.41 Å². The van der Waals surface area contributed by atoms with Crippen molar-refractivity contribution in [2.45, 2.75) is 75.3 Å². The summed E-state index contributed by atoms with van der Waals surface area (Å²) < 4.78 is 32.0. The van der Waals surface area contributed by atoms with Crippen LogP contribution in [0.15, 0.2) is 46.2 Å². The zero-order chi connectivity index (χ0) is 23.4. The van der Waals surface area contributed by atoms with Crippen molar-refractivity contribution in [3.8, 4) is 0 Å². The van der Waals surface area contributed by atoms with Gasteiger partial charge in [0, 0.05) is 5.41 Å². The molecule has 31 heavy (non-hydrogen) atoms. The number of β-lactam (4-membered cyclic amide) rings is 1. The summed E-state index contributed by atoms with van der Waals surface area (Å²) in [5.41, 5.74) is 0.233. The molecule has 1 aromatic rings. The van der Waals surface area contributed by atoms with Gasteiger partial charge in [0.25, 0.3) is 0 Å². The number of fused-ring (bicyclic) bond motifs is 1. The zero-order valence-corrected chi connectivity index (χ0v) is 20.6. The molecule has 0 spiro atoms. The molecule has 0 radical (unpaired) electrons. The third kappa shape index (κ3) is 4.23. The van der Waals surface area contributed by atoms with E-state index in [9.17, 15) is 23.1 Å². The highest BCUT2D eigenvalue weighted by molar-refractivity contribution is 7.94. The van der Waals surface area contributed by atoms with Gasteiger partial charge in [0.1, 0.15) is 0 Å². The largest absolute Gasteiger partial charge is 0.479 e. The highest BCUT2D eigenvalue weighted by atomic mass is 32.2. The van der Waals surface area contributed by atoms with E-state index in [1.54, 1.807) is 18.2 Å². The van der Waals surface area contributed by atoms with Crippen LogP contribution in [0.25, 0.3) is 0 Å². The molecule has 1 N–H and O–H groups in total. The highest BCUT2D eigenvalue weighted by Crippen LogP contribution is 2.47.